The highest BCUT2D eigenvalue weighted by Crippen LogP contribution is 2.29. The van der Waals surface area contributed by atoms with Gasteiger partial charge in [-0.05, 0) is 53.4 Å². The number of hydrogen-bond donors (Lipinski definition) is 2. The van der Waals surface area contributed by atoms with Gasteiger partial charge < -0.3 is 14.6 Å². The number of hydrogen-bond acceptors (Lipinski definition) is 5. The highest BCUT2D eigenvalue weighted by atomic mass is 79.9. The van der Waals surface area contributed by atoms with Crippen LogP contribution in [0.2, 0.25) is 0 Å². The first kappa shape index (κ1) is 19.8. The molecule has 0 radical (unpaired) electrons. The standard InChI is InChI=1S/C19H21BrN2O4/c1-12(2)15-9-14(20)5-7-17(15)26-11-19(24)22-21-10-13-4-6-16(23)18(8-13)25-3/h4-10,12,23H,11H2,1-3H3,(H,22,24)/b21-10+. The Labute approximate surface area is 161 Å². The summed E-state index contributed by atoms with van der Waals surface area (Å²) in [5.41, 5.74) is 4.10. The number of nitrogens with zero attached hydrogens (tertiary/aromatic N) is 1. The minimum absolute atomic E-state index is 0.0394. The van der Waals surface area contributed by atoms with Gasteiger partial charge in [0.25, 0.3) is 5.91 Å². The SMILES string of the molecule is COc1cc(/C=N/NC(=O)COc2ccc(Br)cc2C(C)C)ccc1O. The number of carbonyl (C=O) groups excluding carboxylic acids is 1. The van der Waals surface area contributed by atoms with E-state index in [1.54, 1.807) is 12.1 Å². The van der Waals surface area contributed by atoms with Gasteiger partial charge in [-0.2, -0.15) is 5.10 Å². The highest BCUT2D eigenvalue weighted by Gasteiger charge is 2.10. The van der Waals surface area contributed by atoms with Crippen molar-refractivity contribution in [3.05, 3.63) is 52.0 Å². The molecule has 0 saturated heterocycles. The predicted octanol–water partition coefficient (Wildman–Crippen LogP) is 3.82. The third-order valence-electron chi connectivity index (χ3n) is 3.56. The average molecular weight is 421 g/mol. The van der Waals surface area contributed by atoms with Crippen molar-refractivity contribution in [2.24, 2.45) is 5.10 Å². The van der Waals surface area contributed by atoms with Gasteiger partial charge in [0.2, 0.25) is 0 Å². The van der Waals surface area contributed by atoms with Crippen LogP contribution in [-0.4, -0.2) is 30.9 Å². The molecule has 2 aromatic rings. The molecule has 7 heteroatoms. The van der Waals surface area contributed by atoms with E-state index in [9.17, 15) is 9.90 Å². The number of hydrazone groups is 1. The molecule has 0 heterocycles. The van der Waals surface area contributed by atoms with Crippen LogP contribution in [-0.2, 0) is 4.79 Å². The molecule has 0 aromatic heterocycles. The van der Waals surface area contributed by atoms with Crippen LogP contribution in [0.1, 0.15) is 30.9 Å². The molecule has 1 amide bonds. The summed E-state index contributed by atoms with van der Waals surface area (Å²) < 4.78 is 11.6. The van der Waals surface area contributed by atoms with Crippen molar-refractivity contribution in [3.63, 3.8) is 0 Å². The minimum Gasteiger partial charge on any atom is -0.504 e. The lowest BCUT2D eigenvalue weighted by Gasteiger charge is -2.13. The topological polar surface area (TPSA) is 80.2 Å². The fourth-order valence-electron chi connectivity index (χ4n) is 2.23. The van der Waals surface area contributed by atoms with Crippen LogP contribution in [0.25, 0.3) is 0 Å². The van der Waals surface area contributed by atoms with Crippen molar-refractivity contribution >= 4 is 28.1 Å². The van der Waals surface area contributed by atoms with Gasteiger partial charge >= 0.3 is 0 Å². The van der Waals surface area contributed by atoms with Crippen molar-refractivity contribution in [1.82, 2.24) is 5.43 Å². The average Bonchev–Trinajstić information content (AvgIpc) is 2.61. The number of amides is 1. The predicted molar refractivity (Wildman–Crippen MR) is 104 cm³/mol. The van der Waals surface area contributed by atoms with E-state index in [-0.39, 0.29) is 24.2 Å². The molecule has 26 heavy (non-hydrogen) atoms. The molecule has 138 valence electrons. The zero-order chi connectivity index (χ0) is 19.1. The molecule has 0 bridgehead atoms. The molecule has 0 atom stereocenters. The van der Waals surface area contributed by atoms with Gasteiger partial charge in [0.15, 0.2) is 18.1 Å². The highest BCUT2D eigenvalue weighted by molar-refractivity contribution is 9.10. The molecule has 0 aliphatic rings. The Morgan fingerprint density at radius 1 is 1.27 bits per heavy atom. The Balaban J connectivity index is 1.92. The number of carbonyl (C=O) groups is 1. The first-order valence-electron chi connectivity index (χ1n) is 8.02. The summed E-state index contributed by atoms with van der Waals surface area (Å²) in [6.07, 6.45) is 1.46. The van der Waals surface area contributed by atoms with Crippen LogP contribution in [0.3, 0.4) is 0 Å². The number of nitrogens with one attached hydrogen (secondary N) is 1. The smallest absolute Gasteiger partial charge is 0.277 e. The second-order valence-corrected chi connectivity index (χ2v) is 6.77. The number of methoxy groups -OCH3 is 1. The third kappa shape index (κ3) is 5.49. The number of aromatic hydroxyl groups is 1. The normalized spacial score (nSPS) is 11.0. The molecule has 0 aliphatic carbocycles. The molecule has 0 aliphatic heterocycles. The van der Waals surface area contributed by atoms with Gasteiger partial charge in [-0.3, -0.25) is 4.79 Å². The summed E-state index contributed by atoms with van der Waals surface area (Å²) >= 11 is 3.44. The summed E-state index contributed by atoms with van der Waals surface area (Å²) in [6.45, 7) is 3.98. The van der Waals surface area contributed by atoms with E-state index in [2.05, 4.69) is 40.3 Å². The fraction of sp³-hybridized carbons (Fsp3) is 0.263. The largest absolute Gasteiger partial charge is 0.504 e. The van der Waals surface area contributed by atoms with E-state index in [0.717, 1.165) is 10.0 Å². The molecule has 6 nitrogen and oxygen atoms in total. The zero-order valence-corrected chi connectivity index (χ0v) is 16.4. The fourth-order valence-corrected chi connectivity index (χ4v) is 2.61. The van der Waals surface area contributed by atoms with Crippen LogP contribution < -0.4 is 14.9 Å². The molecule has 0 saturated carbocycles. The van der Waals surface area contributed by atoms with Crippen molar-refractivity contribution in [3.8, 4) is 17.2 Å². The van der Waals surface area contributed by atoms with Crippen molar-refractivity contribution in [2.75, 3.05) is 13.7 Å². The monoisotopic (exact) mass is 420 g/mol. The zero-order valence-electron chi connectivity index (χ0n) is 14.8. The Kier molecular flexibility index (Phi) is 7.03. The number of benzene rings is 2. The summed E-state index contributed by atoms with van der Waals surface area (Å²) in [5, 5.41) is 13.4. The van der Waals surface area contributed by atoms with E-state index in [4.69, 9.17) is 9.47 Å². The Hall–Kier alpha value is -2.54. The van der Waals surface area contributed by atoms with E-state index in [0.29, 0.717) is 17.1 Å². The van der Waals surface area contributed by atoms with Crippen molar-refractivity contribution < 1.29 is 19.4 Å². The van der Waals surface area contributed by atoms with Crippen LogP contribution in [0.15, 0.2) is 46.0 Å². The first-order valence-corrected chi connectivity index (χ1v) is 8.81. The van der Waals surface area contributed by atoms with E-state index < -0.39 is 0 Å². The lowest BCUT2D eigenvalue weighted by molar-refractivity contribution is -0.123. The Morgan fingerprint density at radius 3 is 2.73 bits per heavy atom. The molecule has 2 N–H and O–H groups in total. The van der Waals surface area contributed by atoms with E-state index >= 15 is 0 Å². The van der Waals surface area contributed by atoms with Crippen LogP contribution in [0.5, 0.6) is 17.2 Å². The summed E-state index contributed by atoms with van der Waals surface area (Å²) in [4.78, 5) is 11.9. The van der Waals surface area contributed by atoms with Crippen LogP contribution in [0, 0.1) is 0 Å². The Morgan fingerprint density at radius 2 is 2.04 bits per heavy atom. The maximum atomic E-state index is 11.9. The second kappa shape index (κ2) is 9.24. The summed E-state index contributed by atoms with van der Waals surface area (Å²) in [7, 11) is 1.46. The van der Waals surface area contributed by atoms with Gasteiger partial charge in [0.05, 0.1) is 13.3 Å². The third-order valence-corrected chi connectivity index (χ3v) is 4.05. The van der Waals surface area contributed by atoms with Gasteiger partial charge in [-0.15, -0.1) is 0 Å². The first-order chi connectivity index (χ1) is 12.4. The number of phenolic OH excluding ortho intramolecular Hbond substituents is 1. The lowest BCUT2D eigenvalue weighted by atomic mass is 10.0. The van der Waals surface area contributed by atoms with E-state index in [1.807, 2.05) is 18.2 Å². The molecule has 0 unspecified atom stereocenters. The van der Waals surface area contributed by atoms with Gasteiger partial charge in [-0.1, -0.05) is 29.8 Å². The van der Waals surface area contributed by atoms with Crippen molar-refractivity contribution in [2.45, 2.75) is 19.8 Å². The molecular weight excluding hydrogens is 400 g/mol. The van der Waals surface area contributed by atoms with Gasteiger partial charge in [0.1, 0.15) is 5.75 Å². The minimum atomic E-state index is -0.371. The molecule has 2 rings (SSSR count). The summed E-state index contributed by atoms with van der Waals surface area (Å²) in [6, 6.07) is 10.4. The van der Waals surface area contributed by atoms with Gasteiger partial charge in [0, 0.05) is 4.47 Å². The molecule has 2 aromatic carbocycles. The number of ether oxygens (including phenoxy) is 2. The summed E-state index contributed by atoms with van der Waals surface area (Å²) in [5.74, 6) is 0.945. The maximum Gasteiger partial charge on any atom is 0.277 e. The second-order valence-electron chi connectivity index (χ2n) is 5.85. The van der Waals surface area contributed by atoms with Crippen molar-refractivity contribution in [1.29, 1.82) is 0 Å². The number of phenols is 1. The van der Waals surface area contributed by atoms with Gasteiger partial charge in [-0.25, -0.2) is 5.43 Å². The number of halogens is 1. The number of rotatable bonds is 7. The lowest BCUT2D eigenvalue weighted by Crippen LogP contribution is -2.24. The quantitative estimate of drug-likeness (QED) is 0.526. The van der Waals surface area contributed by atoms with Crippen LogP contribution in [0.4, 0.5) is 0 Å². The van der Waals surface area contributed by atoms with Crippen LogP contribution >= 0.6 is 15.9 Å². The molecular formula is C19H21BrN2O4. The Bertz CT molecular complexity index is 806. The molecule has 0 spiro atoms. The molecule has 0 fully saturated rings. The maximum absolute atomic E-state index is 11.9. The van der Waals surface area contributed by atoms with E-state index in [1.165, 1.54) is 19.4 Å².